The van der Waals surface area contributed by atoms with Gasteiger partial charge in [0.1, 0.15) is 5.75 Å². The van der Waals surface area contributed by atoms with Crippen molar-refractivity contribution < 1.29 is 14.2 Å². The number of hydrogen-bond donors (Lipinski definition) is 0. The van der Waals surface area contributed by atoms with Crippen LogP contribution in [0.4, 0.5) is 5.69 Å². The Morgan fingerprint density at radius 3 is 2.04 bits per heavy atom. The Balaban J connectivity index is 2.33. The maximum Gasteiger partial charge on any atom is 0.164 e. The molecule has 0 atom stereocenters. The Labute approximate surface area is 143 Å². The smallest absolute Gasteiger partial charge is 0.164 e. The van der Waals surface area contributed by atoms with Crippen LogP contribution in [-0.2, 0) is 0 Å². The van der Waals surface area contributed by atoms with E-state index < -0.39 is 0 Å². The van der Waals surface area contributed by atoms with E-state index in [-0.39, 0.29) is 0 Å². The molecule has 0 unspecified atom stereocenters. The van der Waals surface area contributed by atoms with Gasteiger partial charge in [0.25, 0.3) is 0 Å². The summed E-state index contributed by atoms with van der Waals surface area (Å²) in [6.45, 7) is 4.88. The molecule has 0 saturated heterocycles. The van der Waals surface area contributed by atoms with Crippen molar-refractivity contribution in [2.45, 2.75) is 13.8 Å². The third-order valence-corrected chi connectivity index (χ3v) is 3.70. The zero-order chi connectivity index (χ0) is 17.5. The van der Waals surface area contributed by atoms with E-state index in [0.29, 0.717) is 17.2 Å². The quantitative estimate of drug-likeness (QED) is 0.571. The van der Waals surface area contributed by atoms with Gasteiger partial charge in [0.05, 0.1) is 33.2 Å². The topological polar surface area (TPSA) is 43.3 Å². The largest absolute Gasteiger partial charge is 0.496 e. The fourth-order valence-corrected chi connectivity index (χ4v) is 2.33. The molecular formula is C19H24N2O3. The first kappa shape index (κ1) is 17.7. The van der Waals surface area contributed by atoms with Crippen LogP contribution in [0, 0.1) is 6.92 Å². The molecule has 0 aliphatic rings. The van der Waals surface area contributed by atoms with Crippen molar-refractivity contribution in [3.05, 3.63) is 47.5 Å². The molecule has 0 aliphatic carbocycles. The van der Waals surface area contributed by atoms with Crippen LogP contribution in [0.2, 0.25) is 0 Å². The van der Waals surface area contributed by atoms with Crippen LogP contribution >= 0.6 is 0 Å². The number of hydrogen-bond acceptors (Lipinski definition) is 5. The van der Waals surface area contributed by atoms with Gasteiger partial charge in [0.2, 0.25) is 0 Å². The lowest BCUT2D eigenvalue weighted by molar-refractivity contribution is 0.349. The minimum absolute atomic E-state index is 0.623. The molecule has 24 heavy (non-hydrogen) atoms. The average Bonchev–Trinajstić information content (AvgIpc) is 2.62. The average molecular weight is 328 g/mol. The summed E-state index contributed by atoms with van der Waals surface area (Å²) in [5.41, 5.74) is 3.08. The highest BCUT2D eigenvalue weighted by Crippen LogP contribution is 2.33. The Morgan fingerprint density at radius 1 is 0.917 bits per heavy atom. The van der Waals surface area contributed by atoms with Crippen LogP contribution < -0.4 is 19.2 Å². The van der Waals surface area contributed by atoms with Crippen molar-refractivity contribution in [3.63, 3.8) is 0 Å². The van der Waals surface area contributed by atoms with Crippen molar-refractivity contribution >= 4 is 11.9 Å². The van der Waals surface area contributed by atoms with E-state index in [1.165, 1.54) is 5.56 Å². The molecule has 0 radical (unpaired) electrons. The predicted molar refractivity (Wildman–Crippen MR) is 97.9 cm³/mol. The summed E-state index contributed by atoms with van der Waals surface area (Å²) in [6, 6.07) is 11.9. The Kier molecular flexibility index (Phi) is 6.07. The molecule has 0 heterocycles. The van der Waals surface area contributed by atoms with E-state index in [1.54, 1.807) is 33.6 Å². The number of methoxy groups -OCH3 is 3. The lowest BCUT2D eigenvalue weighted by atomic mass is 10.2. The molecule has 5 heteroatoms. The molecule has 0 bridgehead atoms. The molecule has 2 aromatic rings. The van der Waals surface area contributed by atoms with E-state index in [1.807, 2.05) is 11.1 Å². The molecule has 0 aromatic heterocycles. The number of ether oxygens (including phenoxy) is 3. The molecule has 0 saturated carbocycles. The van der Waals surface area contributed by atoms with Crippen LogP contribution in [0.1, 0.15) is 18.1 Å². The number of rotatable bonds is 7. The van der Waals surface area contributed by atoms with Gasteiger partial charge < -0.3 is 14.2 Å². The molecule has 0 aliphatic heterocycles. The molecular weight excluding hydrogens is 304 g/mol. The zero-order valence-electron chi connectivity index (χ0n) is 14.9. The number of hydrazone groups is 1. The number of aryl methyl sites for hydroxylation is 1. The van der Waals surface area contributed by atoms with Crippen molar-refractivity contribution in [2.75, 3.05) is 32.9 Å². The maximum absolute atomic E-state index is 5.43. The highest BCUT2D eigenvalue weighted by atomic mass is 16.5. The normalized spacial score (nSPS) is 10.7. The standard InChI is InChI=1S/C19H24N2O3/c1-6-21(16-9-7-14(2)8-10-16)20-13-15-11-18(23-4)19(24-5)12-17(15)22-3/h7-13H,6H2,1-5H3/b20-13+. The molecule has 5 nitrogen and oxygen atoms in total. The summed E-state index contributed by atoms with van der Waals surface area (Å²) in [4.78, 5) is 0. The Morgan fingerprint density at radius 2 is 1.50 bits per heavy atom. The number of nitrogens with zero attached hydrogens (tertiary/aromatic N) is 2. The summed E-state index contributed by atoms with van der Waals surface area (Å²) < 4.78 is 16.1. The molecule has 0 N–H and O–H groups in total. The lowest BCUT2D eigenvalue weighted by Gasteiger charge is -2.17. The number of benzene rings is 2. The molecule has 0 amide bonds. The lowest BCUT2D eigenvalue weighted by Crippen LogP contribution is -2.15. The van der Waals surface area contributed by atoms with Crippen LogP contribution in [0.5, 0.6) is 17.2 Å². The highest BCUT2D eigenvalue weighted by Gasteiger charge is 2.11. The second-order valence-electron chi connectivity index (χ2n) is 5.25. The van der Waals surface area contributed by atoms with Gasteiger partial charge in [0, 0.05) is 18.2 Å². The molecule has 2 aromatic carbocycles. The summed E-state index contributed by atoms with van der Waals surface area (Å²) in [5, 5.41) is 6.51. The molecule has 0 fully saturated rings. The van der Waals surface area contributed by atoms with Gasteiger partial charge in [-0.15, -0.1) is 0 Å². The second-order valence-corrected chi connectivity index (χ2v) is 5.25. The van der Waals surface area contributed by atoms with Gasteiger partial charge in [-0.25, -0.2) is 0 Å². The van der Waals surface area contributed by atoms with Crippen molar-refractivity contribution in [1.29, 1.82) is 0 Å². The van der Waals surface area contributed by atoms with Gasteiger partial charge in [0.15, 0.2) is 11.5 Å². The summed E-state index contributed by atoms with van der Waals surface area (Å²) in [6.07, 6.45) is 1.77. The fourth-order valence-electron chi connectivity index (χ4n) is 2.33. The Bertz CT molecular complexity index is 697. The predicted octanol–water partition coefficient (Wildman–Crippen LogP) is 3.88. The third kappa shape index (κ3) is 3.98. The van der Waals surface area contributed by atoms with E-state index >= 15 is 0 Å². The van der Waals surface area contributed by atoms with Crippen molar-refractivity contribution in [3.8, 4) is 17.2 Å². The van der Waals surface area contributed by atoms with Gasteiger partial charge in [-0.05, 0) is 32.0 Å². The zero-order valence-corrected chi connectivity index (χ0v) is 14.9. The van der Waals surface area contributed by atoms with E-state index in [4.69, 9.17) is 14.2 Å². The first-order chi connectivity index (χ1) is 11.6. The first-order valence-corrected chi connectivity index (χ1v) is 7.81. The van der Waals surface area contributed by atoms with Gasteiger partial charge >= 0.3 is 0 Å². The van der Waals surface area contributed by atoms with E-state index in [9.17, 15) is 0 Å². The van der Waals surface area contributed by atoms with Gasteiger partial charge in [-0.2, -0.15) is 5.10 Å². The molecule has 0 spiro atoms. The Hall–Kier alpha value is -2.69. The molecule has 128 valence electrons. The van der Waals surface area contributed by atoms with E-state index in [2.05, 4.69) is 43.2 Å². The second kappa shape index (κ2) is 8.24. The summed E-state index contributed by atoms with van der Waals surface area (Å²) in [5.74, 6) is 1.94. The first-order valence-electron chi connectivity index (χ1n) is 7.81. The minimum atomic E-state index is 0.623. The summed E-state index contributed by atoms with van der Waals surface area (Å²) >= 11 is 0. The van der Waals surface area contributed by atoms with Crippen LogP contribution in [0.25, 0.3) is 0 Å². The third-order valence-electron chi connectivity index (χ3n) is 3.70. The SMILES string of the molecule is CCN(/N=C/c1cc(OC)c(OC)cc1OC)c1ccc(C)cc1. The van der Waals surface area contributed by atoms with Crippen LogP contribution in [0.3, 0.4) is 0 Å². The van der Waals surface area contributed by atoms with Gasteiger partial charge in [-0.1, -0.05) is 17.7 Å². The fraction of sp³-hybridized carbons (Fsp3) is 0.316. The number of anilines is 1. The van der Waals surface area contributed by atoms with Crippen LogP contribution in [0.15, 0.2) is 41.5 Å². The monoisotopic (exact) mass is 328 g/mol. The maximum atomic E-state index is 5.43. The van der Waals surface area contributed by atoms with E-state index in [0.717, 1.165) is 17.8 Å². The molecule has 2 rings (SSSR count). The minimum Gasteiger partial charge on any atom is -0.496 e. The van der Waals surface area contributed by atoms with Crippen molar-refractivity contribution in [2.24, 2.45) is 5.10 Å². The summed E-state index contributed by atoms with van der Waals surface area (Å²) in [7, 11) is 4.83. The highest BCUT2D eigenvalue weighted by molar-refractivity contribution is 5.85. The van der Waals surface area contributed by atoms with Gasteiger partial charge in [-0.3, -0.25) is 5.01 Å². The van der Waals surface area contributed by atoms with Crippen LogP contribution in [-0.4, -0.2) is 34.1 Å². The van der Waals surface area contributed by atoms with Crippen molar-refractivity contribution in [1.82, 2.24) is 0 Å².